The van der Waals surface area contributed by atoms with Crippen LogP contribution >= 0.6 is 38.2 Å². The molecule has 7 heteroatoms. The summed E-state index contributed by atoms with van der Waals surface area (Å²) in [5, 5.41) is 0.252. The van der Waals surface area contributed by atoms with Gasteiger partial charge in [0.05, 0.1) is 11.1 Å². The maximum Gasteiger partial charge on any atom is 0.265 e. The standard InChI is InChI=1S/C14H17BrCl2O3S/c1-2-9-4-3-5-11(6-9)20-14-12(16)7-10(15)8-13(14)21(17,18)19/h7-9,11H,2-6H2,1H3. The lowest BCUT2D eigenvalue weighted by Gasteiger charge is -2.29. The molecule has 0 heterocycles. The first-order chi connectivity index (χ1) is 9.81. The second kappa shape index (κ2) is 7.07. The van der Waals surface area contributed by atoms with E-state index in [2.05, 4.69) is 22.9 Å². The minimum absolute atomic E-state index is 0.0143. The van der Waals surface area contributed by atoms with Gasteiger partial charge in [-0.05, 0) is 37.3 Å². The zero-order valence-corrected chi connectivity index (χ0v) is 15.5. The van der Waals surface area contributed by atoms with Gasteiger partial charge in [0.2, 0.25) is 0 Å². The van der Waals surface area contributed by atoms with Crippen molar-refractivity contribution in [3.05, 3.63) is 21.6 Å². The van der Waals surface area contributed by atoms with E-state index in [4.69, 9.17) is 27.0 Å². The molecule has 2 atom stereocenters. The highest BCUT2D eigenvalue weighted by Crippen LogP contribution is 2.39. The molecule has 3 nitrogen and oxygen atoms in total. The van der Waals surface area contributed by atoms with E-state index in [1.54, 1.807) is 6.07 Å². The fourth-order valence-electron chi connectivity index (χ4n) is 2.72. The van der Waals surface area contributed by atoms with E-state index in [9.17, 15) is 8.42 Å². The molecular weight excluding hydrogens is 399 g/mol. The molecule has 118 valence electrons. The van der Waals surface area contributed by atoms with Crippen LogP contribution < -0.4 is 4.74 Å². The van der Waals surface area contributed by atoms with Gasteiger partial charge in [0, 0.05) is 15.2 Å². The number of benzene rings is 1. The minimum atomic E-state index is -3.92. The number of hydrogen-bond donors (Lipinski definition) is 0. The van der Waals surface area contributed by atoms with Crippen molar-refractivity contribution >= 4 is 47.3 Å². The summed E-state index contributed by atoms with van der Waals surface area (Å²) in [6, 6.07) is 3.03. The second-order valence-electron chi connectivity index (χ2n) is 5.33. The molecule has 1 aromatic rings. The van der Waals surface area contributed by atoms with Crippen molar-refractivity contribution in [3.8, 4) is 5.75 Å². The first-order valence-electron chi connectivity index (χ1n) is 6.91. The van der Waals surface area contributed by atoms with E-state index in [-0.39, 0.29) is 21.8 Å². The van der Waals surface area contributed by atoms with E-state index in [1.165, 1.54) is 12.5 Å². The Morgan fingerprint density at radius 3 is 2.71 bits per heavy atom. The number of hydrogen-bond acceptors (Lipinski definition) is 3. The van der Waals surface area contributed by atoms with Crippen LogP contribution in [0.25, 0.3) is 0 Å². The zero-order valence-electron chi connectivity index (χ0n) is 11.6. The molecule has 2 rings (SSSR count). The molecule has 0 amide bonds. The lowest BCUT2D eigenvalue weighted by Crippen LogP contribution is -2.25. The Morgan fingerprint density at radius 2 is 2.10 bits per heavy atom. The fourth-order valence-corrected chi connectivity index (χ4v) is 4.77. The Labute approximate surface area is 143 Å². The monoisotopic (exact) mass is 414 g/mol. The fraction of sp³-hybridized carbons (Fsp3) is 0.571. The maximum atomic E-state index is 11.7. The molecule has 1 fully saturated rings. The molecule has 0 spiro atoms. The van der Waals surface area contributed by atoms with Crippen molar-refractivity contribution in [2.45, 2.75) is 50.0 Å². The molecule has 1 aromatic carbocycles. The summed E-state index contributed by atoms with van der Waals surface area (Å²) in [6.07, 6.45) is 5.20. The van der Waals surface area contributed by atoms with Crippen LogP contribution in [0.2, 0.25) is 5.02 Å². The van der Waals surface area contributed by atoms with E-state index in [1.807, 2.05) is 0 Å². The van der Waals surface area contributed by atoms with Crippen LogP contribution in [-0.4, -0.2) is 14.5 Å². The van der Waals surface area contributed by atoms with E-state index in [0.717, 1.165) is 25.7 Å². The average molecular weight is 416 g/mol. The third-order valence-electron chi connectivity index (χ3n) is 3.83. The Hall–Kier alpha value is 0.0300. The Kier molecular flexibility index (Phi) is 5.85. The van der Waals surface area contributed by atoms with Crippen molar-refractivity contribution in [1.82, 2.24) is 0 Å². The molecule has 1 aliphatic rings. The molecule has 1 aliphatic carbocycles. The molecule has 0 radical (unpaired) electrons. The van der Waals surface area contributed by atoms with Crippen molar-refractivity contribution < 1.29 is 13.2 Å². The zero-order chi connectivity index (χ0) is 15.6. The van der Waals surface area contributed by atoms with Gasteiger partial charge in [-0.15, -0.1) is 0 Å². The first-order valence-corrected chi connectivity index (χ1v) is 10.4. The molecule has 0 aliphatic heterocycles. The van der Waals surface area contributed by atoms with Gasteiger partial charge in [-0.25, -0.2) is 8.42 Å². The van der Waals surface area contributed by atoms with Crippen molar-refractivity contribution in [3.63, 3.8) is 0 Å². The van der Waals surface area contributed by atoms with Crippen LogP contribution in [0.1, 0.15) is 39.0 Å². The minimum Gasteiger partial charge on any atom is -0.487 e. The van der Waals surface area contributed by atoms with Crippen LogP contribution in [0.4, 0.5) is 0 Å². The number of rotatable bonds is 4. The highest BCUT2D eigenvalue weighted by Gasteiger charge is 2.27. The van der Waals surface area contributed by atoms with Crippen molar-refractivity contribution in [2.75, 3.05) is 0 Å². The van der Waals surface area contributed by atoms with Gasteiger partial charge >= 0.3 is 0 Å². The van der Waals surface area contributed by atoms with E-state index >= 15 is 0 Å². The van der Waals surface area contributed by atoms with Gasteiger partial charge < -0.3 is 4.74 Å². The van der Waals surface area contributed by atoms with Gasteiger partial charge in [0.1, 0.15) is 4.90 Å². The third kappa shape index (κ3) is 4.50. The van der Waals surface area contributed by atoms with Gasteiger partial charge in [-0.1, -0.05) is 47.3 Å². The third-order valence-corrected chi connectivity index (χ3v) is 5.90. The summed E-state index contributed by atoms with van der Waals surface area (Å²) in [7, 11) is 1.58. The molecule has 0 bridgehead atoms. The summed E-state index contributed by atoms with van der Waals surface area (Å²) in [5.74, 6) is 0.783. The molecule has 2 unspecified atom stereocenters. The van der Waals surface area contributed by atoms with Crippen LogP contribution in [0.15, 0.2) is 21.5 Å². The molecular formula is C14H17BrCl2O3S. The van der Waals surface area contributed by atoms with Gasteiger partial charge in [0.25, 0.3) is 9.05 Å². The lowest BCUT2D eigenvalue weighted by molar-refractivity contribution is 0.119. The van der Waals surface area contributed by atoms with Crippen LogP contribution in [0, 0.1) is 5.92 Å². The Morgan fingerprint density at radius 1 is 1.38 bits per heavy atom. The average Bonchev–Trinajstić information content (AvgIpc) is 2.40. The summed E-state index contributed by atoms with van der Waals surface area (Å²) in [5.41, 5.74) is 0. The molecule has 0 saturated heterocycles. The number of halogens is 3. The quantitative estimate of drug-likeness (QED) is 0.620. The SMILES string of the molecule is CCC1CCCC(Oc2c(Cl)cc(Br)cc2S(=O)(=O)Cl)C1. The number of ether oxygens (including phenoxy) is 1. The normalized spacial score (nSPS) is 23.0. The van der Waals surface area contributed by atoms with Gasteiger partial charge in [-0.2, -0.15) is 0 Å². The molecule has 0 N–H and O–H groups in total. The highest BCUT2D eigenvalue weighted by molar-refractivity contribution is 9.10. The van der Waals surface area contributed by atoms with Gasteiger partial charge in [0.15, 0.2) is 5.75 Å². The summed E-state index contributed by atoms with van der Waals surface area (Å²) < 4.78 is 29.9. The van der Waals surface area contributed by atoms with E-state index in [0.29, 0.717) is 10.4 Å². The molecule has 0 aromatic heterocycles. The van der Waals surface area contributed by atoms with Gasteiger partial charge in [-0.3, -0.25) is 0 Å². The first kappa shape index (κ1) is 17.4. The predicted molar refractivity (Wildman–Crippen MR) is 88.9 cm³/mol. The van der Waals surface area contributed by atoms with Crippen molar-refractivity contribution in [1.29, 1.82) is 0 Å². The highest BCUT2D eigenvalue weighted by atomic mass is 79.9. The largest absolute Gasteiger partial charge is 0.487 e. The second-order valence-corrected chi connectivity index (χ2v) is 9.19. The Balaban J connectivity index is 2.31. The Bertz CT molecular complexity index is 619. The maximum absolute atomic E-state index is 11.7. The van der Waals surface area contributed by atoms with Crippen molar-refractivity contribution in [2.24, 2.45) is 5.92 Å². The summed E-state index contributed by atoms with van der Waals surface area (Å²) in [4.78, 5) is -0.0813. The summed E-state index contributed by atoms with van der Waals surface area (Å²) in [6.45, 7) is 2.16. The molecule has 21 heavy (non-hydrogen) atoms. The van der Waals surface area contributed by atoms with Crippen LogP contribution in [0.3, 0.4) is 0 Å². The summed E-state index contributed by atoms with van der Waals surface area (Å²) >= 11 is 9.37. The predicted octanol–water partition coefficient (Wildman–Crippen LogP) is 5.38. The van der Waals surface area contributed by atoms with Crippen LogP contribution in [0.5, 0.6) is 5.75 Å². The van der Waals surface area contributed by atoms with E-state index < -0.39 is 9.05 Å². The topological polar surface area (TPSA) is 43.4 Å². The van der Waals surface area contributed by atoms with Crippen LogP contribution in [-0.2, 0) is 9.05 Å². The lowest BCUT2D eigenvalue weighted by atomic mass is 9.85. The smallest absolute Gasteiger partial charge is 0.265 e. The molecule has 1 saturated carbocycles.